The largest absolute Gasteiger partial charge is 0.399 e. The zero-order valence-electron chi connectivity index (χ0n) is 8.36. The van der Waals surface area contributed by atoms with Gasteiger partial charge in [0.15, 0.2) is 0 Å². The van der Waals surface area contributed by atoms with E-state index in [2.05, 4.69) is 11.1 Å². The van der Waals surface area contributed by atoms with E-state index in [1.807, 2.05) is 36.7 Å². The number of anilines is 1. The molecule has 0 fully saturated rings. The Labute approximate surface area is 83.2 Å². The molecule has 0 spiro atoms. The summed E-state index contributed by atoms with van der Waals surface area (Å²) in [5.74, 6) is 0. The summed E-state index contributed by atoms with van der Waals surface area (Å²) < 4.78 is 2.03. The molecule has 0 radical (unpaired) electrons. The fourth-order valence-electron chi connectivity index (χ4n) is 1.44. The van der Waals surface area contributed by atoms with Crippen molar-refractivity contribution in [1.82, 2.24) is 9.55 Å². The van der Waals surface area contributed by atoms with Crippen molar-refractivity contribution in [3.63, 3.8) is 0 Å². The Morgan fingerprint density at radius 3 is 2.64 bits per heavy atom. The number of imidazole rings is 1. The van der Waals surface area contributed by atoms with Crippen LogP contribution in [-0.2, 0) is 0 Å². The Kier molecular flexibility index (Phi) is 2.00. The van der Waals surface area contributed by atoms with Crippen LogP contribution >= 0.6 is 0 Å². The monoisotopic (exact) mass is 187 g/mol. The normalized spacial score (nSPS) is 10.4. The second kappa shape index (κ2) is 3.18. The molecule has 0 aliphatic rings. The van der Waals surface area contributed by atoms with Crippen LogP contribution in [0.1, 0.15) is 11.3 Å². The quantitative estimate of drug-likeness (QED) is 0.694. The van der Waals surface area contributed by atoms with Crippen LogP contribution in [0.4, 0.5) is 5.69 Å². The van der Waals surface area contributed by atoms with Crippen molar-refractivity contribution in [2.75, 3.05) is 5.73 Å². The van der Waals surface area contributed by atoms with Crippen LogP contribution in [0.3, 0.4) is 0 Å². The first-order valence-corrected chi connectivity index (χ1v) is 4.54. The lowest BCUT2D eigenvalue weighted by molar-refractivity contribution is 1.00. The number of aromatic nitrogens is 2. The lowest BCUT2D eigenvalue weighted by Gasteiger charge is -2.07. The number of hydrogen-bond donors (Lipinski definition) is 1. The molecule has 0 saturated carbocycles. The maximum Gasteiger partial charge on any atom is 0.0994 e. The van der Waals surface area contributed by atoms with Crippen LogP contribution in [0.2, 0.25) is 0 Å². The van der Waals surface area contributed by atoms with Crippen LogP contribution in [0.25, 0.3) is 5.69 Å². The number of benzene rings is 1. The lowest BCUT2D eigenvalue weighted by Crippen LogP contribution is -1.97. The fourth-order valence-corrected chi connectivity index (χ4v) is 1.44. The fraction of sp³-hybridized carbons (Fsp3) is 0.182. The number of nitrogen functional groups attached to an aromatic ring is 1. The van der Waals surface area contributed by atoms with Crippen LogP contribution in [0.5, 0.6) is 0 Å². The zero-order valence-corrected chi connectivity index (χ0v) is 8.36. The molecule has 2 N–H and O–H groups in total. The molecule has 0 aliphatic heterocycles. The summed E-state index contributed by atoms with van der Waals surface area (Å²) in [6.07, 6.45) is 3.64. The van der Waals surface area contributed by atoms with Gasteiger partial charge in [-0.2, -0.15) is 0 Å². The van der Waals surface area contributed by atoms with Crippen LogP contribution in [0, 0.1) is 13.8 Å². The molecule has 0 bridgehead atoms. The summed E-state index contributed by atoms with van der Waals surface area (Å²) in [7, 11) is 0. The number of nitrogens with two attached hydrogens (primary N) is 1. The molecule has 0 atom stereocenters. The van der Waals surface area contributed by atoms with E-state index in [9.17, 15) is 0 Å². The Bertz CT molecular complexity index is 457. The predicted octanol–water partition coefficient (Wildman–Crippen LogP) is 2.07. The van der Waals surface area contributed by atoms with Crippen molar-refractivity contribution in [2.45, 2.75) is 13.8 Å². The standard InChI is InChI=1S/C11H13N3/c1-8-5-10(3-4-11(8)12)14-7-13-6-9(14)2/h3-7H,12H2,1-2H3. The van der Waals surface area contributed by atoms with E-state index >= 15 is 0 Å². The first-order chi connectivity index (χ1) is 6.68. The van der Waals surface area contributed by atoms with E-state index in [0.717, 1.165) is 22.6 Å². The summed E-state index contributed by atoms with van der Waals surface area (Å²) >= 11 is 0. The third-order valence-corrected chi connectivity index (χ3v) is 2.36. The molecule has 0 aliphatic carbocycles. The van der Waals surface area contributed by atoms with Crippen LogP contribution < -0.4 is 5.73 Å². The first-order valence-electron chi connectivity index (χ1n) is 4.54. The molecule has 14 heavy (non-hydrogen) atoms. The van der Waals surface area contributed by atoms with Gasteiger partial charge in [0, 0.05) is 23.3 Å². The van der Waals surface area contributed by atoms with Crippen molar-refractivity contribution in [1.29, 1.82) is 0 Å². The Morgan fingerprint density at radius 1 is 1.29 bits per heavy atom. The molecular weight excluding hydrogens is 174 g/mol. The van der Waals surface area contributed by atoms with Gasteiger partial charge >= 0.3 is 0 Å². The van der Waals surface area contributed by atoms with E-state index < -0.39 is 0 Å². The van der Waals surface area contributed by atoms with Gasteiger partial charge in [-0.3, -0.25) is 0 Å². The maximum absolute atomic E-state index is 5.76. The van der Waals surface area contributed by atoms with Crippen molar-refractivity contribution in [3.8, 4) is 5.69 Å². The number of aryl methyl sites for hydroxylation is 2. The van der Waals surface area contributed by atoms with Crippen molar-refractivity contribution < 1.29 is 0 Å². The third-order valence-electron chi connectivity index (χ3n) is 2.36. The van der Waals surface area contributed by atoms with E-state index in [1.165, 1.54) is 0 Å². The summed E-state index contributed by atoms with van der Waals surface area (Å²) in [6.45, 7) is 4.03. The van der Waals surface area contributed by atoms with Crippen LogP contribution in [0.15, 0.2) is 30.7 Å². The SMILES string of the molecule is Cc1cc(-n2cncc2C)ccc1N. The molecule has 1 aromatic carbocycles. The van der Waals surface area contributed by atoms with Gasteiger partial charge in [0.05, 0.1) is 6.33 Å². The summed E-state index contributed by atoms with van der Waals surface area (Å²) in [4.78, 5) is 4.08. The Hall–Kier alpha value is -1.77. The average molecular weight is 187 g/mol. The van der Waals surface area contributed by atoms with Gasteiger partial charge in [-0.1, -0.05) is 0 Å². The molecule has 2 aromatic rings. The molecular formula is C11H13N3. The molecule has 3 heteroatoms. The van der Waals surface area contributed by atoms with Crippen molar-refractivity contribution in [2.24, 2.45) is 0 Å². The summed E-state index contributed by atoms with van der Waals surface area (Å²) in [5.41, 5.74) is 9.90. The molecule has 0 amide bonds. The zero-order chi connectivity index (χ0) is 10.1. The molecule has 72 valence electrons. The van der Waals surface area contributed by atoms with E-state index in [-0.39, 0.29) is 0 Å². The second-order valence-electron chi connectivity index (χ2n) is 3.45. The number of hydrogen-bond acceptors (Lipinski definition) is 2. The van der Waals surface area contributed by atoms with Crippen molar-refractivity contribution >= 4 is 5.69 Å². The highest BCUT2D eigenvalue weighted by Gasteiger charge is 2.01. The van der Waals surface area contributed by atoms with E-state index in [1.54, 1.807) is 6.33 Å². The minimum Gasteiger partial charge on any atom is -0.399 e. The van der Waals surface area contributed by atoms with E-state index in [0.29, 0.717) is 0 Å². The second-order valence-corrected chi connectivity index (χ2v) is 3.45. The molecule has 2 rings (SSSR count). The first kappa shape index (κ1) is 8.81. The highest BCUT2D eigenvalue weighted by atomic mass is 15.0. The summed E-state index contributed by atoms with van der Waals surface area (Å²) in [5, 5.41) is 0. The smallest absolute Gasteiger partial charge is 0.0994 e. The van der Waals surface area contributed by atoms with E-state index in [4.69, 9.17) is 5.73 Å². The van der Waals surface area contributed by atoms with Gasteiger partial charge in [-0.25, -0.2) is 4.98 Å². The topological polar surface area (TPSA) is 43.8 Å². The maximum atomic E-state index is 5.76. The molecule has 0 saturated heterocycles. The highest BCUT2D eigenvalue weighted by molar-refractivity contribution is 5.52. The highest BCUT2D eigenvalue weighted by Crippen LogP contribution is 2.17. The van der Waals surface area contributed by atoms with Gasteiger partial charge in [-0.05, 0) is 37.6 Å². The molecule has 0 unspecified atom stereocenters. The summed E-state index contributed by atoms with van der Waals surface area (Å²) in [6, 6.07) is 5.98. The molecule has 3 nitrogen and oxygen atoms in total. The third kappa shape index (κ3) is 1.37. The Morgan fingerprint density at radius 2 is 2.07 bits per heavy atom. The van der Waals surface area contributed by atoms with Gasteiger partial charge in [0.1, 0.15) is 0 Å². The molecule has 1 heterocycles. The van der Waals surface area contributed by atoms with Gasteiger partial charge in [0.25, 0.3) is 0 Å². The number of nitrogens with zero attached hydrogens (tertiary/aromatic N) is 2. The molecule has 1 aromatic heterocycles. The van der Waals surface area contributed by atoms with Gasteiger partial charge in [0.2, 0.25) is 0 Å². The minimum atomic E-state index is 0.825. The average Bonchev–Trinajstić information content (AvgIpc) is 2.57. The lowest BCUT2D eigenvalue weighted by atomic mass is 10.2. The number of rotatable bonds is 1. The van der Waals surface area contributed by atoms with Gasteiger partial charge < -0.3 is 10.3 Å². The van der Waals surface area contributed by atoms with Crippen molar-refractivity contribution in [3.05, 3.63) is 42.0 Å². The van der Waals surface area contributed by atoms with Gasteiger partial charge in [-0.15, -0.1) is 0 Å². The Balaban J connectivity index is 2.53. The van der Waals surface area contributed by atoms with Crippen LogP contribution in [-0.4, -0.2) is 9.55 Å². The predicted molar refractivity (Wildman–Crippen MR) is 57.5 cm³/mol. The minimum absolute atomic E-state index is 0.825.